The maximum absolute atomic E-state index is 11.2. The fourth-order valence-electron chi connectivity index (χ4n) is 1.30. The molecular weight excluding hydrogens is 194 g/mol. The summed E-state index contributed by atoms with van der Waals surface area (Å²) < 4.78 is 4.60. The number of rotatable bonds is 4. The first-order chi connectivity index (χ1) is 7.17. The van der Waals surface area contributed by atoms with Crippen LogP contribution in [-0.4, -0.2) is 30.8 Å². The van der Waals surface area contributed by atoms with Gasteiger partial charge < -0.3 is 15.6 Å². The summed E-state index contributed by atoms with van der Waals surface area (Å²) >= 11 is 0. The third-order valence-corrected chi connectivity index (χ3v) is 2.09. The van der Waals surface area contributed by atoms with Crippen molar-refractivity contribution in [2.24, 2.45) is 5.73 Å². The van der Waals surface area contributed by atoms with E-state index in [-0.39, 0.29) is 12.5 Å². The van der Waals surface area contributed by atoms with Gasteiger partial charge in [-0.2, -0.15) is 0 Å². The van der Waals surface area contributed by atoms with Gasteiger partial charge >= 0.3 is 5.97 Å². The van der Waals surface area contributed by atoms with E-state index in [4.69, 9.17) is 5.73 Å². The van der Waals surface area contributed by atoms with Crippen LogP contribution in [0.2, 0.25) is 0 Å². The minimum absolute atomic E-state index is 0.211. The van der Waals surface area contributed by atoms with Crippen molar-refractivity contribution in [1.82, 2.24) is 0 Å². The number of hydrogen-bond acceptors (Lipinski definition) is 4. The molecule has 0 radical (unpaired) electrons. The Morgan fingerprint density at radius 1 is 1.60 bits per heavy atom. The number of aliphatic hydroxyl groups is 1. The lowest BCUT2D eigenvalue weighted by molar-refractivity contribution is 0.0600. The van der Waals surface area contributed by atoms with E-state index in [9.17, 15) is 9.90 Å². The molecule has 0 heterocycles. The number of hydrogen-bond donors (Lipinski definition) is 2. The van der Waals surface area contributed by atoms with Crippen molar-refractivity contribution in [2.75, 3.05) is 13.7 Å². The van der Waals surface area contributed by atoms with Crippen LogP contribution in [0.4, 0.5) is 0 Å². The molecule has 0 aliphatic carbocycles. The van der Waals surface area contributed by atoms with Crippen LogP contribution in [0.15, 0.2) is 24.3 Å². The van der Waals surface area contributed by atoms with Gasteiger partial charge in [0, 0.05) is 6.54 Å². The molecule has 0 saturated carbocycles. The van der Waals surface area contributed by atoms with Crippen LogP contribution in [0.25, 0.3) is 0 Å². The predicted molar refractivity (Wildman–Crippen MR) is 56.5 cm³/mol. The SMILES string of the molecule is COC(=O)c1cccc(CC(O)CN)c1. The first-order valence-electron chi connectivity index (χ1n) is 4.72. The summed E-state index contributed by atoms with van der Waals surface area (Å²) in [4.78, 5) is 11.2. The molecular formula is C11H15NO3. The Labute approximate surface area is 88.7 Å². The number of carbonyl (C=O) groups is 1. The van der Waals surface area contributed by atoms with E-state index >= 15 is 0 Å². The van der Waals surface area contributed by atoms with Gasteiger partial charge in [-0.25, -0.2) is 4.79 Å². The Morgan fingerprint density at radius 3 is 2.93 bits per heavy atom. The highest BCUT2D eigenvalue weighted by Gasteiger charge is 2.07. The van der Waals surface area contributed by atoms with Gasteiger partial charge in [0.2, 0.25) is 0 Å². The number of benzene rings is 1. The standard InChI is InChI=1S/C11H15NO3/c1-15-11(14)9-4-2-3-8(5-9)6-10(13)7-12/h2-5,10,13H,6-7,12H2,1H3. The van der Waals surface area contributed by atoms with E-state index < -0.39 is 6.10 Å². The second-order valence-corrected chi connectivity index (χ2v) is 3.29. The van der Waals surface area contributed by atoms with Crippen LogP contribution < -0.4 is 5.73 Å². The lowest BCUT2D eigenvalue weighted by Crippen LogP contribution is -2.22. The summed E-state index contributed by atoms with van der Waals surface area (Å²) in [5.41, 5.74) is 6.66. The zero-order valence-electron chi connectivity index (χ0n) is 8.64. The largest absolute Gasteiger partial charge is 0.465 e. The molecule has 0 fully saturated rings. The second kappa shape index (κ2) is 5.48. The van der Waals surface area contributed by atoms with Crippen LogP contribution in [0.1, 0.15) is 15.9 Å². The van der Waals surface area contributed by atoms with Crippen LogP contribution in [-0.2, 0) is 11.2 Å². The highest BCUT2D eigenvalue weighted by atomic mass is 16.5. The number of methoxy groups -OCH3 is 1. The summed E-state index contributed by atoms with van der Waals surface area (Å²) in [6, 6.07) is 6.96. The molecule has 0 aliphatic heterocycles. The fraction of sp³-hybridized carbons (Fsp3) is 0.364. The molecule has 1 unspecified atom stereocenters. The van der Waals surface area contributed by atoms with Crippen molar-refractivity contribution in [3.05, 3.63) is 35.4 Å². The minimum atomic E-state index is -0.571. The van der Waals surface area contributed by atoms with E-state index in [0.29, 0.717) is 12.0 Å². The third kappa shape index (κ3) is 3.34. The van der Waals surface area contributed by atoms with Crippen LogP contribution in [0.5, 0.6) is 0 Å². The maximum Gasteiger partial charge on any atom is 0.337 e. The Hall–Kier alpha value is -1.39. The summed E-state index contributed by atoms with van der Waals surface area (Å²) in [6.45, 7) is 0.211. The molecule has 82 valence electrons. The van der Waals surface area contributed by atoms with Crippen molar-refractivity contribution < 1.29 is 14.6 Å². The molecule has 1 aromatic carbocycles. The smallest absolute Gasteiger partial charge is 0.337 e. The van der Waals surface area contributed by atoms with Crippen molar-refractivity contribution in [2.45, 2.75) is 12.5 Å². The zero-order valence-corrected chi connectivity index (χ0v) is 8.64. The van der Waals surface area contributed by atoms with Crippen LogP contribution in [0.3, 0.4) is 0 Å². The first-order valence-corrected chi connectivity index (χ1v) is 4.72. The Morgan fingerprint density at radius 2 is 2.33 bits per heavy atom. The second-order valence-electron chi connectivity index (χ2n) is 3.29. The van der Waals surface area contributed by atoms with E-state index in [2.05, 4.69) is 4.74 Å². The third-order valence-electron chi connectivity index (χ3n) is 2.09. The van der Waals surface area contributed by atoms with Crippen molar-refractivity contribution in [3.63, 3.8) is 0 Å². The Balaban J connectivity index is 2.78. The zero-order chi connectivity index (χ0) is 11.3. The molecule has 0 aliphatic rings. The average Bonchev–Trinajstić information content (AvgIpc) is 2.28. The summed E-state index contributed by atoms with van der Waals surface area (Å²) in [5, 5.41) is 9.36. The van der Waals surface area contributed by atoms with Crippen LogP contribution in [0, 0.1) is 0 Å². The quantitative estimate of drug-likeness (QED) is 0.701. The number of nitrogens with two attached hydrogens (primary N) is 1. The topological polar surface area (TPSA) is 72.5 Å². The molecule has 3 N–H and O–H groups in total. The van der Waals surface area contributed by atoms with Crippen molar-refractivity contribution >= 4 is 5.97 Å². The lowest BCUT2D eigenvalue weighted by Gasteiger charge is -2.08. The van der Waals surface area contributed by atoms with E-state index in [1.54, 1.807) is 18.2 Å². The number of esters is 1. The summed E-state index contributed by atoms with van der Waals surface area (Å²) in [5.74, 6) is -0.376. The van der Waals surface area contributed by atoms with Gasteiger partial charge in [-0.1, -0.05) is 12.1 Å². The number of aliphatic hydroxyl groups excluding tert-OH is 1. The normalized spacial score (nSPS) is 12.2. The lowest BCUT2D eigenvalue weighted by atomic mass is 10.1. The van der Waals surface area contributed by atoms with Crippen LogP contribution >= 0.6 is 0 Å². The van der Waals surface area contributed by atoms with Gasteiger partial charge in [0.25, 0.3) is 0 Å². The van der Waals surface area contributed by atoms with Crippen molar-refractivity contribution in [1.29, 1.82) is 0 Å². The minimum Gasteiger partial charge on any atom is -0.465 e. The van der Waals surface area contributed by atoms with Gasteiger partial charge in [-0.3, -0.25) is 0 Å². The molecule has 15 heavy (non-hydrogen) atoms. The molecule has 0 spiro atoms. The number of carbonyl (C=O) groups excluding carboxylic acids is 1. The number of ether oxygens (including phenoxy) is 1. The fourth-order valence-corrected chi connectivity index (χ4v) is 1.30. The monoisotopic (exact) mass is 209 g/mol. The van der Waals surface area contributed by atoms with Crippen molar-refractivity contribution in [3.8, 4) is 0 Å². The molecule has 1 rings (SSSR count). The Bertz CT molecular complexity index is 338. The summed E-state index contributed by atoms with van der Waals surface area (Å²) in [7, 11) is 1.34. The molecule has 1 aromatic rings. The predicted octanol–water partition coefficient (Wildman–Crippen LogP) is 0.335. The van der Waals surface area contributed by atoms with Gasteiger partial charge in [0.15, 0.2) is 0 Å². The Kier molecular flexibility index (Phi) is 4.27. The molecule has 0 amide bonds. The van der Waals surface area contributed by atoms with Gasteiger partial charge in [0.05, 0.1) is 18.8 Å². The average molecular weight is 209 g/mol. The van der Waals surface area contributed by atoms with E-state index in [1.807, 2.05) is 6.07 Å². The molecule has 0 bridgehead atoms. The van der Waals surface area contributed by atoms with Gasteiger partial charge in [-0.05, 0) is 24.1 Å². The van der Waals surface area contributed by atoms with Gasteiger partial charge in [-0.15, -0.1) is 0 Å². The molecule has 1 atom stereocenters. The molecule has 4 nitrogen and oxygen atoms in total. The molecule has 0 aromatic heterocycles. The highest BCUT2D eigenvalue weighted by molar-refractivity contribution is 5.89. The maximum atomic E-state index is 11.2. The summed E-state index contributed by atoms with van der Waals surface area (Å²) in [6.07, 6.45) is -0.126. The van der Waals surface area contributed by atoms with E-state index in [1.165, 1.54) is 7.11 Å². The first kappa shape index (κ1) is 11.7. The van der Waals surface area contributed by atoms with Gasteiger partial charge in [0.1, 0.15) is 0 Å². The highest BCUT2D eigenvalue weighted by Crippen LogP contribution is 2.08. The molecule has 4 heteroatoms. The van der Waals surface area contributed by atoms with E-state index in [0.717, 1.165) is 5.56 Å². The molecule has 0 saturated heterocycles.